The zero-order valence-corrected chi connectivity index (χ0v) is 34.1. The molecule has 0 atom stereocenters. The molecule has 1 aromatic heterocycles. The molecule has 0 N–H and O–H groups in total. The Balaban J connectivity index is 0.00000561. The van der Waals surface area contributed by atoms with Gasteiger partial charge in [0.1, 0.15) is 12.4 Å². The Morgan fingerprint density at radius 3 is 2.11 bits per heavy atom. The van der Waals surface area contributed by atoms with Crippen molar-refractivity contribution >= 4 is 52.2 Å². The number of nitrogens with zero attached hydrogens (tertiary/aromatic N) is 3. The van der Waals surface area contributed by atoms with Crippen LogP contribution in [0.2, 0.25) is 10.0 Å². The minimum atomic E-state index is -0.0139. The van der Waals surface area contributed by atoms with Gasteiger partial charge in [0.25, 0.3) is 0 Å². The van der Waals surface area contributed by atoms with Gasteiger partial charge in [0, 0.05) is 55.5 Å². The number of aromatic nitrogens is 1. The number of carbonyl (C=O) groups is 1. The molecule has 2 heterocycles. The van der Waals surface area contributed by atoms with Crippen molar-refractivity contribution in [3.63, 3.8) is 0 Å². The van der Waals surface area contributed by atoms with Gasteiger partial charge in [-0.1, -0.05) is 104 Å². The van der Waals surface area contributed by atoms with E-state index < -0.39 is 0 Å². The van der Waals surface area contributed by atoms with E-state index in [0.29, 0.717) is 66.3 Å². The Morgan fingerprint density at radius 2 is 1.48 bits per heavy atom. The lowest BCUT2D eigenvalue weighted by Gasteiger charge is -2.34. The summed E-state index contributed by atoms with van der Waals surface area (Å²) in [5.41, 5.74) is 7.48. The maximum atomic E-state index is 13.1. The molecule has 0 aliphatic carbocycles. The maximum Gasteiger partial charge on any atom is 0.246 e. The molecule has 6 rings (SSSR count). The van der Waals surface area contributed by atoms with Crippen LogP contribution >= 0.6 is 40.2 Å². The summed E-state index contributed by atoms with van der Waals surface area (Å²) in [6, 6.07) is 32.1. The minimum Gasteiger partial charge on any atom is -0.487 e. The van der Waals surface area contributed by atoms with Crippen LogP contribution in [0, 0.1) is 6.92 Å². The van der Waals surface area contributed by atoms with E-state index in [2.05, 4.69) is 72.3 Å². The number of carbonyl (C=O) groups excluding carboxylic acids is 1. The minimum absolute atomic E-state index is 0. The van der Waals surface area contributed by atoms with E-state index >= 15 is 0 Å². The van der Waals surface area contributed by atoms with Gasteiger partial charge in [-0.3, -0.25) is 9.69 Å². The molecule has 0 saturated carbocycles. The second-order valence-corrected chi connectivity index (χ2v) is 14.4. The van der Waals surface area contributed by atoms with Crippen molar-refractivity contribution in [1.82, 2.24) is 14.8 Å². The fraction of sp³-hybridized carbons (Fsp3) is 0.273. The summed E-state index contributed by atoms with van der Waals surface area (Å²) in [6.45, 7) is 11.7. The molecule has 1 aliphatic heterocycles. The van der Waals surface area contributed by atoms with Crippen molar-refractivity contribution in [3.05, 3.63) is 158 Å². The molecular formula is C44H46BrCl2N3O4. The lowest BCUT2D eigenvalue weighted by atomic mass is 10.0. The number of hydrogen-bond donors (Lipinski definition) is 0. The zero-order chi connectivity index (χ0) is 37.2. The molecule has 0 radical (unpaired) electrons. The Bertz CT molecular complexity index is 1970. The molecule has 1 saturated heterocycles. The van der Waals surface area contributed by atoms with Crippen LogP contribution in [0.5, 0.6) is 17.4 Å². The second-order valence-electron chi connectivity index (χ2n) is 13.6. The third kappa shape index (κ3) is 11.7. The zero-order valence-electron chi connectivity index (χ0n) is 30.8. The van der Waals surface area contributed by atoms with Gasteiger partial charge < -0.3 is 19.1 Å². The van der Waals surface area contributed by atoms with Gasteiger partial charge in [-0.15, -0.1) is 17.0 Å². The molecule has 0 unspecified atom stereocenters. The average Bonchev–Trinajstić information content (AvgIpc) is 3.16. The SMILES string of the molecule is Br.Cc1cc(C=CC(=O)N2CCN(Cc3ccc(COCc4ccc(C(C)C)cc4)cc3)CC2)cc(Cl)c1Oc1ccc(OCc2ccccc2Cl)cn1. The maximum absolute atomic E-state index is 13.1. The molecular weight excluding hydrogens is 785 g/mol. The van der Waals surface area contributed by atoms with Crippen LogP contribution in [0.15, 0.2) is 109 Å². The van der Waals surface area contributed by atoms with Crippen molar-refractivity contribution in [2.75, 3.05) is 26.2 Å². The third-order valence-electron chi connectivity index (χ3n) is 9.23. The van der Waals surface area contributed by atoms with Crippen LogP contribution in [0.3, 0.4) is 0 Å². The monoisotopic (exact) mass is 829 g/mol. The van der Waals surface area contributed by atoms with Crippen molar-refractivity contribution in [1.29, 1.82) is 0 Å². The molecule has 0 spiro atoms. The van der Waals surface area contributed by atoms with E-state index in [1.807, 2.05) is 42.2 Å². The molecule has 0 bridgehead atoms. The average molecular weight is 832 g/mol. The standard InChI is InChI=1S/C44H45Cl2N3O4.BrH/c1-31(2)37-15-12-35(13-16-37)29-51-28-34-10-8-33(9-11-34)27-48-20-22-49(23-21-48)43(50)19-14-36-24-32(3)44(41(46)25-36)53-42-18-17-39(26-47-42)52-30-38-6-4-5-7-40(38)45;/h4-19,24-26,31H,20-23,27-30H2,1-3H3;1H. The normalized spacial score (nSPS) is 13.3. The van der Waals surface area contributed by atoms with Crippen LogP contribution < -0.4 is 9.47 Å². The molecule has 1 aliphatic rings. The number of hydrogen-bond acceptors (Lipinski definition) is 6. The van der Waals surface area contributed by atoms with Crippen molar-refractivity contribution in [2.45, 2.75) is 53.1 Å². The Labute approximate surface area is 339 Å². The fourth-order valence-electron chi connectivity index (χ4n) is 6.06. The first-order chi connectivity index (χ1) is 25.7. The van der Waals surface area contributed by atoms with Crippen LogP contribution in [-0.4, -0.2) is 46.9 Å². The number of benzene rings is 4. The lowest BCUT2D eigenvalue weighted by molar-refractivity contribution is -0.127. The lowest BCUT2D eigenvalue weighted by Crippen LogP contribution is -2.47. The summed E-state index contributed by atoms with van der Waals surface area (Å²) in [4.78, 5) is 21.7. The number of piperazine rings is 1. The molecule has 5 aromatic rings. The first-order valence-electron chi connectivity index (χ1n) is 17.9. The van der Waals surface area contributed by atoms with E-state index in [1.54, 1.807) is 36.5 Å². The molecule has 4 aromatic carbocycles. The van der Waals surface area contributed by atoms with Crippen LogP contribution in [0.1, 0.15) is 58.7 Å². The van der Waals surface area contributed by atoms with Gasteiger partial charge in [0.2, 0.25) is 11.8 Å². The quantitative estimate of drug-likeness (QED) is 0.104. The summed E-state index contributed by atoms with van der Waals surface area (Å²) in [7, 11) is 0. The summed E-state index contributed by atoms with van der Waals surface area (Å²) in [5, 5.41) is 1.08. The smallest absolute Gasteiger partial charge is 0.246 e. The highest BCUT2D eigenvalue weighted by atomic mass is 79.9. The Kier molecular flexibility index (Phi) is 15.1. The summed E-state index contributed by atoms with van der Waals surface area (Å²) in [6.07, 6.45) is 5.02. The van der Waals surface area contributed by atoms with E-state index in [-0.39, 0.29) is 22.9 Å². The predicted octanol–water partition coefficient (Wildman–Crippen LogP) is 10.8. The molecule has 54 heavy (non-hydrogen) atoms. The van der Waals surface area contributed by atoms with Crippen LogP contribution in [-0.2, 0) is 35.9 Å². The largest absolute Gasteiger partial charge is 0.487 e. The number of amides is 1. The topological polar surface area (TPSA) is 64.1 Å². The van der Waals surface area contributed by atoms with Gasteiger partial charge in [-0.2, -0.15) is 0 Å². The molecule has 7 nitrogen and oxygen atoms in total. The molecule has 1 fully saturated rings. The van der Waals surface area contributed by atoms with Gasteiger partial charge in [0.05, 0.1) is 24.4 Å². The van der Waals surface area contributed by atoms with Crippen molar-refractivity contribution < 1.29 is 19.0 Å². The fourth-order valence-corrected chi connectivity index (χ4v) is 6.56. The Hall–Kier alpha value is -4.18. The van der Waals surface area contributed by atoms with Gasteiger partial charge in [-0.05, 0) is 76.6 Å². The highest BCUT2D eigenvalue weighted by Crippen LogP contribution is 2.34. The van der Waals surface area contributed by atoms with E-state index in [9.17, 15) is 4.79 Å². The Morgan fingerprint density at radius 1 is 0.815 bits per heavy atom. The van der Waals surface area contributed by atoms with E-state index in [1.165, 1.54) is 16.7 Å². The predicted molar refractivity (Wildman–Crippen MR) is 223 cm³/mol. The van der Waals surface area contributed by atoms with E-state index in [4.69, 9.17) is 37.4 Å². The second kappa shape index (κ2) is 19.9. The van der Waals surface area contributed by atoms with Crippen LogP contribution in [0.25, 0.3) is 6.08 Å². The summed E-state index contributed by atoms with van der Waals surface area (Å²) < 4.78 is 17.8. The summed E-state index contributed by atoms with van der Waals surface area (Å²) in [5.74, 6) is 2.01. The number of aryl methyl sites for hydroxylation is 1. The van der Waals surface area contributed by atoms with E-state index in [0.717, 1.165) is 41.9 Å². The first kappa shape index (κ1) is 41.0. The number of pyridine rings is 1. The van der Waals surface area contributed by atoms with Gasteiger partial charge in [0.15, 0.2) is 5.75 Å². The highest BCUT2D eigenvalue weighted by Gasteiger charge is 2.20. The number of ether oxygens (including phenoxy) is 3. The summed E-state index contributed by atoms with van der Waals surface area (Å²) >= 11 is 12.8. The number of halogens is 3. The number of rotatable bonds is 14. The van der Waals surface area contributed by atoms with Crippen molar-refractivity contribution in [2.24, 2.45) is 0 Å². The van der Waals surface area contributed by atoms with Gasteiger partial charge >= 0.3 is 0 Å². The van der Waals surface area contributed by atoms with Gasteiger partial charge in [-0.25, -0.2) is 4.98 Å². The first-order valence-corrected chi connectivity index (χ1v) is 18.7. The third-order valence-corrected chi connectivity index (χ3v) is 9.88. The van der Waals surface area contributed by atoms with Crippen LogP contribution in [0.4, 0.5) is 0 Å². The van der Waals surface area contributed by atoms with Crippen molar-refractivity contribution in [3.8, 4) is 17.4 Å². The molecule has 282 valence electrons. The molecule has 10 heteroatoms. The molecule has 1 amide bonds. The highest BCUT2D eigenvalue weighted by molar-refractivity contribution is 8.93.